The molecule has 1 aliphatic heterocycles. The van der Waals surface area contributed by atoms with E-state index in [9.17, 15) is 4.79 Å². The third-order valence-corrected chi connectivity index (χ3v) is 8.70. The van der Waals surface area contributed by atoms with E-state index in [1.807, 2.05) is 0 Å². The van der Waals surface area contributed by atoms with Gasteiger partial charge in [0.05, 0.1) is 6.10 Å². The van der Waals surface area contributed by atoms with Crippen LogP contribution in [0.15, 0.2) is 0 Å². The molecule has 0 saturated carbocycles. The van der Waals surface area contributed by atoms with Crippen LogP contribution in [0.5, 0.6) is 0 Å². The van der Waals surface area contributed by atoms with E-state index in [-0.39, 0.29) is 29.3 Å². The highest BCUT2D eigenvalue weighted by Crippen LogP contribution is 2.38. The van der Waals surface area contributed by atoms with E-state index < -0.39 is 8.32 Å². The summed E-state index contributed by atoms with van der Waals surface area (Å²) in [6.45, 7) is 15.6. The quantitative estimate of drug-likeness (QED) is 0.631. The maximum Gasteiger partial charge on any atom is 0.304 e. The van der Waals surface area contributed by atoms with E-state index in [2.05, 4.69) is 46.1 Å². The lowest BCUT2D eigenvalue weighted by Gasteiger charge is -2.45. The van der Waals surface area contributed by atoms with E-state index in [4.69, 9.17) is 9.16 Å². The van der Waals surface area contributed by atoms with Gasteiger partial charge in [-0.25, -0.2) is 0 Å². The Kier molecular flexibility index (Phi) is 4.62. The van der Waals surface area contributed by atoms with Crippen LogP contribution >= 0.6 is 0 Å². The van der Waals surface area contributed by atoms with Gasteiger partial charge in [-0.3, -0.25) is 10.1 Å². The van der Waals surface area contributed by atoms with Crippen molar-refractivity contribution in [3.8, 4) is 0 Å². The molecule has 0 aromatic rings. The van der Waals surface area contributed by atoms with Crippen LogP contribution in [0.25, 0.3) is 0 Å². The van der Waals surface area contributed by atoms with Crippen LogP contribution in [0.3, 0.4) is 0 Å². The fourth-order valence-electron chi connectivity index (χ4n) is 1.80. The summed E-state index contributed by atoms with van der Waals surface area (Å²) in [6, 6.07) is 0. The molecule has 0 radical (unpaired) electrons. The normalized spacial score (nSPS) is 26.4. The van der Waals surface area contributed by atoms with Gasteiger partial charge in [0.1, 0.15) is 0 Å². The molecule has 0 amide bonds. The first kappa shape index (κ1) is 15.7. The van der Waals surface area contributed by atoms with Gasteiger partial charge in [-0.2, -0.15) is 0 Å². The van der Waals surface area contributed by atoms with Crippen LogP contribution in [0.4, 0.5) is 0 Å². The number of rotatable bonds is 4. The largest absolute Gasteiger partial charge is 0.446 e. The molecular formula is C13H27NO3Si. The molecule has 1 saturated heterocycles. The van der Waals surface area contributed by atoms with Gasteiger partial charge in [-0.15, -0.1) is 0 Å². The fraction of sp³-hybridized carbons (Fsp3) is 0.923. The van der Waals surface area contributed by atoms with E-state index in [1.54, 1.807) is 0 Å². The molecular weight excluding hydrogens is 246 g/mol. The Bertz CT molecular complexity index is 312. The van der Waals surface area contributed by atoms with Crippen molar-refractivity contribution in [1.29, 1.82) is 0 Å². The Morgan fingerprint density at radius 2 is 1.94 bits per heavy atom. The lowest BCUT2D eigenvalue weighted by Crippen LogP contribution is -2.61. The van der Waals surface area contributed by atoms with Crippen LogP contribution in [0.1, 0.15) is 34.6 Å². The van der Waals surface area contributed by atoms with Crippen LogP contribution < -0.4 is 5.32 Å². The maximum atomic E-state index is 11.0. The lowest BCUT2D eigenvalue weighted by molar-refractivity contribution is -0.161. The molecule has 0 aromatic carbocycles. The Morgan fingerprint density at radius 3 is 2.28 bits per heavy atom. The van der Waals surface area contributed by atoms with Gasteiger partial charge in [0, 0.05) is 19.4 Å². The molecule has 0 aromatic heterocycles. The third kappa shape index (κ3) is 3.55. The number of hydrogen-bond acceptors (Lipinski definition) is 4. The van der Waals surface area contributed by atoms with Gasteiger partial charge in [0.15, 0.2) is 14.5 Å². The van der Waals surface area contributed by atoms with Crippen molar-refractivity contribution in [2.24, 2.45) is 5.92 Å². The molecule has 1 fully saturated rings. The molecule has 3 atom stereocenters. The zero-order chi connectivity index (χ0) is 14.1. The summed E-state index contributed by atoms with van der Waals surface area (Å²) in [4.78, 5) is 11.0. The van der Waals surface area contributed by atoms with E-state index in [0.29, 0.717) is 0 Å². The van der Waals surface area contributed by atoms with Crippen LogP contribution in [0, 0.1) is 5.92 Å². The van der Waals surface area contributed by atoms with E-state index in [0.717, 1.165) is 6.54 Å². The van der Waals surface area contributed by atoms with E-state index in [1.165, 1.54) is 6.92 Å². The summed E-state index contributed by atoms with van der Waals surface area (Å²) in [5.41, 5.74) is 0. The standard InChI is InChI=1S/C13H27NO3Si/c1-9(17-18(6,7)13(3,4)5)11-8-14-12(11)16-10(2)15/h9,11-12,14H,8H2,1-7H3/t9-,11-,12-/m1/s1. The first-order valence-corrected chi connectivity index (χ1v) is 9.54. The molecule has 1 rings (SSSR count). The summed E-state index contributed by atoms with van der Waals surface area (Å²) in [7, 11) is -1.75. The average Bonchev–Trinajstić information content (AvgIpc) is 2.09. The molecule has 4 nitrogen and oxygen atoms in total. The topological polar surface area (TPSA) is 47.6 Å². The minimum Gasteiger partial charge on any atom is -0.446 e. The van der Waals surface area contributed by atoms with Crippen molar-refractivity contribution in [3.63, 3.8) is 0 Å². The summed E-state index contributed by atoms with van der Waals surface area (Å²) in [5.74, 6) is 0.0275. The monoisotopic (exact) mass is 273 g/mol. The van der Waals surface area contributed by atoms with Gasteiger partial charge in [-0.05, 0) is 25.1 Å². The van der Waals surface area contributed by atoms with Gasteiger partial charge < -0.3 is 9.16 Å². The summed E-state index contributed by atoms with van der Waals surface area (Å²) in [6.07, 6.45) is -0.0567. The molecule has 106 valence electrons. The van der Waals surface area contributed by atoms with Crippen molar-refractivity contribution in [1.82, 2.24) is 5.32 Å². The Balaban J connectivity index is 2.56. The van der Waals surface area contributed by atoms with Crippen molar-refractivity contribution in [3.05, 3.63) is 0 Å². The van der Waals surface area contributed by atoms with Crippen molar-refractivity contribution < 1.29 is 14.0 Å². The fourth-order valence-corrected chi connectivity index (χ4v) is 3.26. The highest BCUT2D eigenvalue weighted by Gasteiger charge is 2.44. The van der Waals surface area contributed by atoms with E-state index >= 15 is 0 Å². The van der Waals surface area contributed by atoms with Gasteiger partial charge in [0.2, 0.25) is 0 Å². The smallest absolute Gasteiger partial charge is 0.304 e. The zero-order valence-electron chi connectivity index (χ0n) is 12.7. The zero-order valence-corrected chi connectivity index (χ0v) is 13.7. The van der Waals surface area contributed by atoms with Crippen molar-refractivity contribution in [2.45, 2.75) is 65.1 Å². The SMILES string of the molecule is CC(=O)O[C@H]1NC[C@@H]1[C@@H](C)O[Si](C)(C)C(C)(C)C. The third-order valence-electron chi connectivity index (χ3n) is 4.13. The van der Waals surface area contributed by atoms with Crippen molar-refractivity contribution >= 4 is 14.3 Å². The predicted octanol–water partition coefficient (Wildman–Crippen LogP) is 2.51. The average molecular weight is 273 g/mol. The predicted molar refractivity (Wildman–Crippen MR) is 74.8 cm³/mol. The number of carbonyl (C=O) groups excluding carboxylic acids is 1. The molecule has 0 spiro atoms. The number of esters is 1. The second-order valence-corrected chi connectivity index (χ2v) is 11.4. The number of nitrogens with one attached hydrogen (secondary N) is 1. The highest BCUT2D eigenvalue weighted by atomic mass is 28.4. The molecule has 0 bridgehead atoms. The molecule has 18 heavy (non-hydrogen) atoms. The minimum atomic E-state index is -1.75. The molecule has 1 heterocycles. The van der Waals surface area contributed by atoms with Gasteiger partial charge in [0.25, 0.3) is 0 Å². The summed E-state index contributed by atoms with van der Waals surface area (Å²) >= 11 is 0. The molecule has 0 aliphatic carbocycles. The molecule has 5 heteroatoms. The van der Waals surface area contributed by atoms with Crippen LogP contribution in [-0.4, -0.2) is 33.2 Å². The van der Waals surface area contributed by atoms with Crippen LogP contribution in [-0.2, 0) is 14.0 Å². The highest BCUT2D eigenvalue weighted by molar-refractivity contribution is 6.74. The molecule has 1 aliphatic rings. The first-order chi connectivity index (χ1) is 8.04. The second kappa shape index (κ2) is 5.31. The Morgan fingerprint density at radius 1 is 1.39 bits per heavy atom. The lowest BCUT2D eigenvalue weighted by atomic mass is 9.95. The van der Waals surface area contributed by atoms with Crippen LogP contribution in [0.2, 0.25) is 18.1 Å². The number of carbonyl (C=O) groups is 1. The summed E-state index contributed by atoms with van der Waals surface area (Å²) in [5, 5.41) is 3.33. The molecule has 0 unspecified atom stereocenters. The van der Waals surface area contributed by atoms with Gasteiger partial charge >= 0.3 is 5.97 Å². The van der Waals surface area contributed by atoms with Gasteiger partial charge in [-0.1, -0.05) is 20.8 Å². The Labute approximate surface area is 112 Å². The number of ether oxygens (including phenoxy) is 1. The first-order valence-electron chi connectivity index (χ1n) is 6.63. The number of hydrogen-bond donors (Lipinski definition) is 1. The summed E-state index contributed by atoms with van der Waals surface area (Å²) < 4.78 is 11.5. The van der Waals surface area contributed by atoms with Crippen molar-refractivity contribution in [2.75, 3.05) is 6.54 Å². The molecule has 1 N–H and O–H groups in total. The second-order valence-electron chi connectivity index (χ2n) is 6.69. The Hall–Kier alpha value is -0.393. The minimum absolute atomic E-state index is 0.122. The maximum absolute atomic E-state index is 11.0.